The van der Waals surface area contributed by atoms with Crippen LogP contribution in [-0.4, -0.2) is 26.6 Å². The van der Waals surface area contributed by atoms with E-state index in [4.69, 9.17) is 13.6 Å². The Morgan fingerprint density at radius 1 is 1.48 bits per heavy atom. The highest BCUT2D eigenvalue weighted by molar-refractivity contribution is 5.88. The van der Waals surface area contributed by atoms with E-state index in [-0.39, 0.29) is 29.7 Å². The molecule has 23 heavy (non-hydrogen) atoms. The molecule has 2 heterocycles. The van der Waals surface area contributed by atoms with E-state index in [1.807, 2.05) is 6.92 Å². The highest BCUT2D eigenvalue weighted by Gasteiger charge is 2.25. The zero-order valence-corrected chi connectivity index (χ0v) is 13.5. The number of carbonyl (C=O) groups excluding carboxylic acids is 1. The van der Waals surface area contributed by atoms with E-state index in [9.17, 15) is 14.7 Å². The van der Waals surface area contributed by atoms with Gasteiger partial charge in [0.1, 0.15) is 0 Å². The molecule has 0 aliphatic heterocycles. The second-order valence-electron chi connectivity index (χ2n) is 6.09. The number of nitrogens with zero attached hydrogens (tertiary/aromatic N) is 1. The molecule has 0 fully saturated rings. The quantitative estimate of drug-likeness (QED) is 0.779. The molecule has 126 valence electrons. The molecule has 2 N–H and O–H groups in total. The molecule has 0 aliphatic carbocycles. The molecule has 0 radical (unpaired) electrons. The number of aryl methyl sites for hydroxylation is 1. The maximum absolute atomic E-state index is 12.2. The zero-order valence-electron chi connectivity index (χ0n) is 13.5. The first-order valence-corrected chi connectivity index (χ1v) is 7.19. The average Bonchev–Trinajstić information content (AvgIpc) is 3.00. The van der Waals surface area contributed by atoms with E-state index in [1.54, 1.807) is 20.8 Å². The number of carbonyl (C=O) groups is 1. The lowest BCUT2D eigenvalue weighted by Crippen LogP contribution is -2.22. The van der Waals surface area contributed by atoms with Crippen molar-refractivity contribution in [2.24, 2.45) is 0 Å². The van der Waals surface area contributed by atoms with Gasteiger partial charge in [0, 0.05) is 5.92 Å². The second kappa shape index (κ2) is 6.41. The van der Waals surface area contributed by atoms with E-state index >= 15 is 0 Å². The molecule has 2 aromatic heterocycles. The highest BCUT2D eigenvalue weighted by atomic mass is 16.6. The number of aliphatic hydroxyl groups is 1. The number of imidazole rings is 1. The predicted octanol–water partition coefficient (Wildman–Crippen LogP) is 1.89. The summed E-state index contributed by atoms with van der Waals surface area (Å²) in [6.45, 7) is 6.59. The molecule has 8 nitrogen and oxygen atoms in total. The van der Waals surface area contributed by atoms with Crippen molar-refractivity contribution in [2.45, 2.75) is 52.2 Å². The fourth-order valence-electron chi connectivity index (χ4n) is 2.40. The van der Waals surface area contributed by atoms with Crippen LogP contribution in [0.1, 0.15) is 60.8 Å². The number of hydrogen-bond donors (Lipinski definition) is 2. The van der Waals surface area contributed by atoms with Crippen molar-refractivity contribution in [3.63, 3.8) is 0 Å². The first-order valence-electron chi connectivity index (χ1n) is 7.19. The minimum atomic E-state index is -0.872. The molecular weight excluding hydrogens is 304 g/mol. The molecule has 8 heteroatoms. The number of nitrogens with one attached hydrogen (secondary N) is 1. The Kier molecular flexibility index (Phi) is 4.74. The van der Waals surface area contributed by atoms with Gasteiger partial charge in [-0.1, -0.05) is 6.92 Å². The predicted molar refractivity (Wildman–Crippen MR) is 79.0 cm³/mol. The van der Waals surface area contributed by atoms with E-state index < -0.39 is 17.4 Å². The Morgan fingerprint density at radius 3 is 2.74 bits per heavy atom. The van der Waals surface area contributed by atoms with Gasteiger partial charge in [-0.2, -0.15) is 0 Å². The van der Waals surface area contributed by atoms with Crippen molar-refractivity contribution in [3.8, 4) is 0 Å². The lowest BCUT2D eigenvalue weighted by molar-refractivity contribution is 0.0428. The largest absolute Gasteiger partial charge is 0.519 e. The van der Waals surface area contributed by atoms with Crippen LogP contribution in [0.3, 0.4) is 0 Å². The summed E-state index contributed by atoms with van der Waals surface area (Å²) in [7, 11) is 0. The first-order chi connectivity index (χ1) is 10.7. The lowest BCUT2D eigenvalue weighted by Gasteiger charge is -2.21. The van der Waals surface area contributed by atoms with Gasteiger partial charge in [-0.15, -0.1) is 0 Å². The molecule has 1 unspecified atom stereocenters. The number of rotatable bonds is 6. The topological polar surface area (TPSA) is 119 Å². The number of esters is 1. The summed E-state index contributed by atoms with van der Waals surface area (Å²) >= 11 is 0. The van der Waals surface area contributed by atoms with Crippen LogP contribution in [0.2, 0.25) is 0 Å². The van der Waals surface area contributed by atoms with Gasteiger partial charge in [0.2, 0.25) is 0 Å². The first kappa shape index (κ1) is 17.0. The fourth-order valence-corrected chi connectivity index (χ4v) is 2.40. The van der Waals surface area contributed by atoms with E-state index in [0.29, 0.717) is 12.1 Å². The van der Waals surface area contributed by atoms with Crippen LogP contribution in [0.4, 0.5) is 0 Å². The average molecular weight is 324 g/mol. The molecule has 0 spiro atoms. The van der Waals surface area contributed by atoms with Gasteiger partial charge in [-0.25, -0.2) is 14.6 Å². The molecule has 2 aromatic rings. The van der Waals surface area contributed by atoms with Crippen LogP contribution in [0.15, 0.2) is 20.0 Å². The summed E-state index contributed by atoms with van der Waals surface area (Å²) in [6.07, 6.45) is 1.85. The monoisotopic (exact) mass is 324 g/mol. The fraction of sp³-hybridized carbons (Fsp3) is 0.533. The number of H-pyrrole nitrogens is 1. The summed E-state index contributed by atoms with van der Waals surface area (Å²) in [6, 6.07) is 0. The minimum absolute atomic E-state index is 0.117. The summed E-state index contributed by atoms with van der Waals surface area (Å²) in [5, 5.41) is 9.90. The Morgan fingerprint density at radius 2 is 2.17 bits per heavy atom. The number of aromatic amines is 1. The molecule has 0 amide bonds. The van der Waals surface area contributed by atoms with Gasteiger partial charge in [0.15, 0.2) is 23.8 Å². The standard InChI is InChI=1S/C15H20N2O6/c1-8(5-15(3,4)20)11-12(17-7-16-11)13(18)21-6-10-9(2)22-14(19)23-10/h7-8,20H,5-6H2,1-4H3,(H,16,17). The molecule has 0 saturated carbocycles. The van der Waals surface area contributed by atoms with Crippen molar-refractivity contribution in [1.82, 2.24) is 9.97 Å². The third kappa shape index (κ3) is 4.32. The SMILES string of the molecule is Cc1oc(=O)oc1COC(=O)c1nc[nH]c1C(C)CC(C)(C)O. The Balaban J connectivity index is 2.07. The van der Waals surface area contributed by atoms with Crippen LogP contribution in [0.25, 0.3) is 0 Å². The lowest BCUT2D eigenvalue weighted by atomic mass is 9.92. The maximum atomic E-state index is 12.2. The highest BCUT2D eigenvalue weighted by Crippen LogP contribution is 2.26. The van der Waals surface area contributed by atoms with Crippen molar-refractivity contribution in [3.05, 3.63) is 39.9 Å². The Bertz CT molecular complexity index is 734. The van der Waals surface area contributed by atoms with Crippen molar-refractivity contribution < 1.29 is 23.5 Å². The van der Waals surface area contributed by atoms with Gasteiger partial charge in [-0.05, 0) is 27.2 Å². The van der Waals surface area contributed by atoms with Crippen molar-refractivity contribution >= 4 is 5.97 Å². The smallest absolute Gasteiger partial charge is 0.453 e. The third-order valence-electron chi connectivity index (χ3n) is 3.33. The minimum Gasteiger partial charge on any atom is -0.453 e. The molecule has 0 saturated heterocycles. The van der Waals surface area contributed by atoms with Gasteiger partial charge >= 0.3 is 11.8 Å². The summed E-state index contributed by atoms with van der Waals surface area (Å²) in [5.74, 6) is -1.18. The molecule has 0 bridgehead atoms. The number of ether oxygens (including phenoxy) is 1. The van der Waals surface area contributed by atoms with Crippen LogP contribution >= 0.6 is 0 Å². The Labute approximate surface area is 132 Å². The number of aromatic nitrogens is 2. The third-order valence-corrected chi connectivity index (χ3v) is 3.33. The molecule has 2 rings (SSSR count). The van der Waals surface area contributed by atoms with Crippen LogP contribution in [-0.2, 0) is 11.3 Å². The number of hydrogen-bond acceptors (Lipinski definition) is 7. The van der Waals surface area contributed by atoms with Gasteiger partial charge < -0.3 is 23.7 Å². The van der Waals surface area contributed by atoms with Crippen LogP contribution in [0.5, 0.6) is 0 Å². The van der Waals surface area contributed by atoms with Crippen molar-refractivity contribution in [2.75, 3.05) is 0 Å². The Hall–Kier alpha value is -2.35. The van der Waals surface area contributed by atoms with Crippen LogP contribution < -0.4 is 5.82 Å². The van der Waals surface area contributed by atoms with Gasteiger partial charge in [-0.3, -0.25) is 0 Å². The van der Waals surface area contributed by atoms with Gasteiger partial charge in [0.25, 0.3) is 0 Å². The van der Waals surface area contributed by atoms with Crippen molar-refractivity contribution in [1.29, 1.82) is 0 Å². The normalized spacial score (nSPS) is 13.1. The van der Waals surface area contributed by atoms with E-state index in [0.717, 1.165) is 0 Å². The summed E-state index contributed by atoms with van der Waals surface area (Å²) in [5.41, 5.74) is -0.143. The van der Waals surface area contributed by atoms with Crippen LogP contribution in [0, 0.1) is 6.92 Å². The van der Waals surface area contributed by atoms with E-state index in [2.05, 4.69) is 9.97 Å². The molecule has 1 atom stereocenters. The summed E-state index contributed by atoms with van der Waals surface area (Å²) < 4.78 is 14.6. The molecule has 0 aromatic carbocycles. The second-order valence-corrected chi connectivity index (χ2v) is 6.09. The summed E-state index contributed by atoms with van der Waals surface area (Å²) in [4.78, 5) is 30.0. The zero-order chi connectivity index (χ0) is 17.2. The van der Waals surface area contributed by atoms with Gasteiger partial charge in [0.05, 0.1) is 17.6 Å². The van der Waals surface area contributed by atoms with E-state index in [1.165, 1.54) is 6.33 Å². The maximum Gasteiger partial charge on any atom is 0.519 e. The molecular formula is C15H20N2O6. The molecule has 0 aliphatic rings.